The zero-order valence-electron chi connectivity index (χ0n) is 14.5. The summed E-state index contributed by atoms with van der Waals surface area (Å²) in [6.45, 7) is 2.89. The van der Waals surface area contributed by atoms with Crippen molar-refractivity contribution in [3.63, 3.8) is 0 Å². The average molecular weight is 345 g/mol. The van der Waals surface area contributed by atoms with Crippen molar-refractivity contribution in [2.75, 3.05) is 31.6 Å². The van der Waals surface area contributed by atoms with Crippen LogP contribution in [-0.4, -0.2) is 55.6 Å². The Hall–Kier alpha value is -2.57. The minimum Gasteiger partial charge on any atom is -0.442 e. The third-order valence-corrected chi connectivity index (χ3v) is 4.76. The van der Waals surface area contributed by atoms with Crippen molar-refractivity contribution < 1.29 is 19.1 Å². The highest BCUT2D eigenvalue weighted by atomic mass is 16.6. The maximum atomic E-state index is 12.0. The van der Waals surface area contributed by atoms with Crippen molar-refractivity contribution in [3.8, 4) is 0 Å². The summed E-state index contributed by atoms with van der Waals surface area (Å²) in [5, 5.41) is 2.66. The third-order valence-electron chi connectivity index (χ3n) is 4.76. The number of anilines is 1. The molecule has 0 radical (unpaired) electrons. The van der Waals surface area contributed by atoms with E-state index < -0.39 is 6.09 Å². The zero-order valence-corrected chi connectivity index (χ0v) is 14.5. The van der Waals surface area contributed by atoms with Crippen LogP contribution < -0.4 is 10.2 Å². The summed E-state index contributed by atoms with van der Waals surface area (Å²) >= 11 is 0. The first-order valence-corrected chi connectivity index (χ1v) is 8.50. The van der Waals surface area contributed by atoms with E-state index in [1.165, 1.54) is 12.5 Å². The molecule has 2 aliphatic heterocycles. The number of likely N-dealkylation sites (N-methyl/N-ethyl adjacent to an activating group) is 1. The lowest BCUT2D eigenvalue weighted by Gasteiger charge is -2.30. The molecule has 2 saturated heterocycles. The predicted molar refractivity (Wildman–Crippen MR) is 92.4 cm³/mol. The number of nitrogens with one attached hydrogen (secondary N) is 1. The highest BCUT2D eigenvalue weighted by molar-refractivity contribution is 5.89. The van der Waals surface area contributed by atoms with Crippen LogP contribution in [0, 0.1) is 0 Å². The molecule has 0 spiro atoms. The molecule has 2 fully saturated rings. The Labute approximate surface area is 146 Å². The second kappa shape index (κ2) is 7.13. The molecule has 2 unspecified atom stereocenters. The van der Waals surface area contributed by atoms with Crippen molar-refractivity contribution >= 4 is 23.6 Å². The number of benzene rings is 1. The Morgan fingerprint density at radius 3 is 2.60 bits per heavy atom. The summed E-state index contributed by atoms with van der Waals surface area (Å²) in [6, 6.07) is 7.84. The average Bonchev–Trinajstić information content (AvgIpc) is 2.96. The maximum Gasteiger partial charge on any atom is 0.414 e. The quantitative estimate of drug-likeness (QED) is 0.897. The molecule has 0 aromatic heterocycles. The van der Waals surface area contributed by atoms with Crippen molar-refractivity contribution in [2.45, 2.75) is 31.8 Å². The molecular formula is C18H23N3O4. The smallest absolute Gasteiger partial charge is 0.414 e. The number of ether oxygens (including phenoxy) is 1. The lowest BCUT2D eigenvalue weighted by Crippen LogP contribution is -2.35. The zero-order chi connectivity index (χ0) is 18.0. The number of nitrogens with zero attached hydrogens (tertiary/aromatic N) is 2. The lowest BCUT2D eigenvalue weighted by atomic mass is 9.90. The van der Waals surface area contributed by atoms with Gasteiger partial charge in [0, 0.05) is 38.5 Å². The summed E-state index contributed by atoms with van der Waals surface area (Å²) in [7, 11) is 1.83. The third kappa shape index (κ3) is 3.92. The fourth-order valence-electron chi connectivity index (χ4n) is 3.31. The van der Waals surface area contributed by atoms with Crippen molar-refractivity contribution in [1.82, 2.24) is 10.2 Å². The van der Waals surface area contributed by atoms with Gasteiger partial charge in [-0.1, -0.05) is 12.1 Å². The first kappa shape index (κ1) is 17.3. The fraction of sp³-hybridized carbons (Fsp3) is 0.500. The molecule has 3 rings (SSSR count). The number of carbonyl (C=O) groups excluding carboxylic acids is 3. The Morgan fingerprint density at radius 1 is 1.24 bits per heavy atom. The van der Waals surface area contributed by atoms with Gasteiger partial charge in [0.1, 0.15) is 6.10 Å². The molecule has 2 atom stereocenters. The Bertz CT molecular complexity index is 673. The van der Waals surface area contributed by atoms with E-state index in [0.717, 1.165) is 18.7 Å². The van der Waals surface area contributed by atoms with Crippen LogP contribution in [0.25, 0.3) is 0 Å². The fourth-order valence-corrected chi connectivity index (χ4v) is 3.31. The van der Waals surface area contributed by atoms with Crippen LogP contribution in [0.4, 0.5) is 10.5 Å². The van der Waals surface area contributed by atoms with E-state index in [1.54, 1.807) is 9.80 Å². The summed E-state index contributed by atoms with van der Waals surface area (Å²) in [5.74, 6) is 0.377. The van der Waals surface area contributed by atoms with E-state index in [2.05, 4.69) is 5.32 Å². The molecule has 1 aromatic rings. The molecule has 2 heterocycles. The summed E-state index contributed by atoms with van der Waals surface area (Å²) < 4.78 is 5.28. The number of hydrogen-bond acceptors (Lipinski definition) is 4. The molecule has 3 amide bonds. The number of rotatable bonds is 4. The minimum absolute atomic E-state index is 0.144. The Kier molecular flexibility index (Phi) is 4.92. The highest BCUT2D eigenvalue weighted by Gasteiger charge is 2.32. The number of cyclic esters (lactones) is 1. The van der Waals surface area contributed by atoms with E-state index in [4.69, 9.17) is 4.74 Å². The van der Waals surface area contributed by atoms with E-state index in [9.17, 15) is 14.4 Å². The molecule has 2 aliphatic rings. The van der Waals surface area contributed by atoms with Gasteiger partial charge in [0.25, 0.3) is 0 Å². The van der Waals surface area contributed by atoms with Crippen LogP contribution in [0.2, 0.25) is 0 Å². The Morgan fingerprint density at radius 2 is 1.96 bits per heavy atom. The molecule has 0 aliphatic carbocycles. The van der Waals surface area contributed by atoms with Crippen molar-refractivity contribution in [2.24, 2.45) is 0 Å². The van der Waals surface area contributed by atoms with Crippen molar-refractivity contribution in [1.29, 1.82) is 0 Å². The summed E-state index contributed by atoms with van der Waals surface area (Å²) in [4.78, 5) is 38.0. The molecule has 7 nitrogen and oxygen atoms in total. The first-order valence-electron chi connectivity index (χ1n) is 8.50. The van der Waals surface area contributed by atoms with Crippen LogP contribution in [0.3, 0.4) is 0 Å². The van der Waals surface area contributed by atoms with Gasteiger partial charge in [0.2, 0.25) is 11.8 Å². The summed E-state index contributed by atoms with van der Waals surface area (Å²) in [6.07, 6.45) is 0.694. The number of carbonyl (C=O) groups is 3. The molecule has 7 heteroatoms. The molecule has 134 valence electrons. The largest absolute Gasteiger partial charge is 0.442 e. The van der Waals surface area contributed by atoms with Gasteiger partial charge < -0.3 is 15.0 Å². The Balaban J connectivity index is 1.63. The molecular weight excluding hydrogens is 322 g/mol. The monoisotopic (exact) mass is 345 g/mol. The van der Waals surface area contributed by atoms with E-state index >= 15 is 0 Å². The number of hydrogen-bond donors (Lipinski definition) is 1. The second-order valence-corrected chi connectivity index (χ2v) is 6.65. The van der Waals surface area contributed by atoms with Gasteiger partial charge in [-0.3, -0.25) is 14.5 Å². The number of likely N-dealkylation sites (tertiary alicyclic amines) is 1. The SMILES string of the molecule is CC(=O)NCC1CN(c2ccc(C3CCC(=O)N(C)C3)cc2)C(=O)O1. The van der Waals surface area contributed by atoms with Gasteiger partial charge in [-0.05, 0) is 24.1 Å². The van der Waals surface area contributed by atoms with Gasteiger partial charge >= 0.3 is 6.09 Å². The molecule has 1 aromatic carbocycles. The van der Waals surface area contributed by atoms with E-state index in [0.29, 0.717) is 25.4 Å². The number of amides is 3. The van der Waals surface area contributed by atoms with Gasteiger partial charge in [0.15, 0.2) is 0 Å². The first-order chi connectivity index (χ1) is 11.9. The maximum absolute atomic E-state index is 12.0. The second-order valence-electron chi connectivity index (χ2n) is 6.65. The van der Waals surface area contributed by atoms with E-state index in [1.807, 2.05) is 31.3 Å². The van der Waals surface area contributed by atoms with Crippen molar-refractivity contribution in [3.05, 3.63) is 29.8 Å². The van der Waals surface area contributed by atoms with Gasteiger partial charge in [-0.25, -0.2) is 4.79 Å². The van der Waals surface area contributed by atoms with E-state index in [-0.39, 0.29) is 17.9 Å². The number of piperidine rings is 1. The molecule has 25 heavy (non-hydrogen) atoms. The molecule has 1 N–H and O–H groups in total. The molecule has 0 saturated carbocycles. The minimum atomic E-state index is -0.397. The van der Waals surface area contributed by atoms with Crippen LogP contribution in [0.15, 0.2) is 24.3 Å². The molecule has 0 bridgehead atoms. The predicted octanol–water partition coefficient (Wildman–Crippen LogP) is 1.48. The van der Waals surface area contributed by atoms with Crippen LogP contribution in [-0.2, 0) is 14.3 Å². The normalized spacial score (nSPS) is 23.6. The standard InChI is InChI=1S/C18H23N3O4/c1-12(22)19-9-16-11-21(18(24)25-16)15-6-3-13(4-7-15)14-5-8-17(23)20(2)10-14/h3-4,6-7,14,16H,5,8-11H2,1-2H3,(H,19,22). The van der Waals surface area contributed by atoms with Crippen LogP contribution >= 0.6 is 0 Å². The lowest BCUT2D eigenvalue weighted by molar-refractivity contribution is -0.132. The van der Waals surface area contributed by atoms with Gasteiger partial charge in [-0.2, -0.15) is 0 Å². The summed E-state index contributed by atoms with van der Waals surface area (Å²) in [5.41, 5.74) is 1.95. The highest BCUT2D eigenvalue weighted by Crippen LogP contribution is 2.29. The topological polar surface area (TPSA) is 79.0 Å². The van der Waals surface area contributed by atoms with Gasteiger partial charge in [0.05, 0.1) is 13.1 Å². The van der Waals surface area contributed by atoms with Crippen LogP contribution in [0.5, 0.6) is 0 Å². The van der Waals surface area contributed by atoms with Gasteiger partial charge in [-0.15, -0.1) is 0 Å². The van der Waals surface area contributed by atoms with Crippen LogP contribution in [0.1, 0.15) is 31.2 Å².